The van der Waals surface area contributed by atoms with E-state index in [4.69, 9.17) is 14.2 Å². The van der Waals surface area contributed by atoms with Crippen molar-refractivity contribution in [3.63, 3.8) is 0 Å². The van der Waals surface area contributed by atoms with Gasteiger partial charge in [0.2, 0.25) is 0 Å². The summed E-state index contributed by atoms with van der Waals surface area (Å²) in [5.74, 6) is -1.40. The van der Waals surface area contributed by atoms with Gasteiger partial charge in [0.15, 0.2) is 0 Å². The molecule has 0 aromatic heterocycles. The Labute approximate surface area is 99.4 Å². The first-order valence-electron chi connectivity index (χ1n) is 6.00. The first-order valence-corrected chi connectivity index (χ1v) is 6.00. The average molecular weight is 240 g/mol. The topological polar surface area (TPSA) is 65.1 Å². The second kappa shape index (κ2) is 3.45. The minimum absolute atomic E-state index is 0.00722. The maximum Gasteiger partial charge on any atom is 0.310 e. The summed E-state index contributed by atoms with van der Waals surface area (Å²) >= 11 is 0. The van der Waals surface area contributed by atoms with Gasteiger partial charge in [0.1, 0.15) is 6.10 Å². The fraction of sp³-hybridized carbons (Fsp3) is 0.833. The first kappa shape index (κ1) is 11.0. The molecule has 2 saturated heterocycles. The van der Waals surface area contributed by atoms with Crippen LogP contribution in [0.25, 0.3) is 0 Å². The van der Waals surface area contributed by atoms with Crippen LogP contribution in [0.4, 0.5) is 0 Å². The fourth-order valence-electron chi connectivity index (χ4n) is 3.54. The lowest BCUT2D eigenvalue weighted by Gasteiger charge is -2.31. The van der Waals surface area contributed by atoms with E-state index >= 15 is 0 Å². The van der Waals surface area contributed by atoms with Gasteiger partial charge in [-0.05, 0) is 12.8 Å². The molecule has 0 aromatic carbocycles. The summed E-state index contributed by atoms with van der Waals surface area (Å²) in [7, 11) is 1.35. The quantitative estimate of drug-likeness (QED) is 0.489. The van der Waals surface area contributed by atoms with Crippen LogP contribution in [0.2, 0.25) is 0 Å². The number of epoxide rings is 1. The van der Waals surface area contributed by atoms with E-state index in [1.807, 2.05) is 13.8 Å². The predicted molar refractivity (Wildman–Crippen MR) is 55.9 cm³/mol. The van der Waals surface area contributed by atoms with Gasteiger partial charge in [-0.15, -0.1) is 0 Å². The molecule has 0 unspecified atom stereocenters. The van der Waals surface area contributed by atoms with Crippen molar-refractivity contribution < 1.29 is 23.8 Å². The minimum atomic E-state index is -0.425. The summed E-state index contributed by atoms with van der Waals surface area (Å²) in [6.07, 6.45) is -0.00295. The first-order chi connectivity index (χ1) is 8.06. The molecule has 1 aliphatic carbocycles. The monoisotopic (exact) mass is 240 g/mol. The molecule has 5 nitrogen and oxygen atoms in total. The molecule has 1 saturated carbocycles. The van der Waals surface area contributed by atoms with E-state index in [0.717, 1.165) is 0 Å². The van der Waals surface area contributed by atoms with Crippen molar-refractivity contribution in [2.75, 3.05) is 7.11 Å². The number of cyclic esters (lactones) is 1. The summed E-state index contributed by atoms with van der Waals surface area (Å²) in [6, 6.07) is 0. The van der Waals surface area contributed by atoms with Crippen molar-refractivity contribution in [3.8, 4) is 0 Å². The molecule has 0 N–H and O–H groups in total. The molecule has 0 bridgehead atoms. The van der Waals surface area contributed by atoms with E-state index in [1.54, 1.807) is 0 Å². The number of fused-ring (bicyclic) bond motifs is 3. The second-order valence-corrected chi connectivity index (χ2v) is 5.22. The van der Waals surface area contributed by atoms with Crippen molar-refractivity contribution in [1.29, 1.82) is 0 Å². The van der Waals surface area contributed by atoms with Gasteiger partial charge in [0.25, 0.3) is 0 Å². The van der Waals surface area contributed by atoms with E-state index in [9.17, 15) is 9.59 Å². The third-order valence-corrected chi connectivity index (χ3v) is 4.42. The van der Waals surface area contributed by atoms with Crippen LogP contribution in [0.5, 0.6) is 0 Å². The zero-order chi connectivity index (χ0) is 12.3. The maximum absolute atomic E-state index is 11.9. The summed E-state index contributed by atoms with van der Waals surface area (Å²) < 4.78 is 15.7. The normalized spacial score (nSPS) is 51.2. The Hall–Kier alpha value is -1.10. The Morgan fingerprint density at radius 1 is 1.29 bits per heavy atom. The smallest absolute Gasteiger partial charge is 0.310 e. The summed E-state index contributed by atoms with van der Waals surface area (Å²) in [6.45, 7) is 3.81. The van der Waals surface area contributed by atoms with Gasteiger partial charge in [-0.3, -0.25) is 9.59 Å². The van der Waals surface area contributed by atoms with E-state index in [1.165, 1.54) is 7.11 Å². The van der Waals surface area contributed by atoms with E-state index < -0.39 is 11.8 Å². The highest BCUT2D eigenvalue weighted by Gasteiger charge is 2.67. The van der Waals surface area contributed by atoms with Crippen LogP contribution < -0.4 is 0 Å². The number of carbonyl (C=O) groups excluding carboxylic acids is 2. The lowest BCUT2D eigenvalue weighted by Crippen LogP contribution is -2.45. The zero-order valence-corrected chi connectivity index (χ0v) is 10.1. The Bertz CT molecular complexity index is 371. The van der Waals surface area contributed by atoms with Gasteiger partial charge < -0.3 is 14.2 Å². The Morgan fingerprint density at radius 2 is 2.00 bits per heavy atom. The number of ether oxygens (including phenoxy) is 3. The van der Waals surface area contributed by atoms with Crippen LogP contribution in [-0.4, -0.2) is 37.4 Å². The van der Waals surface area contributed by atoms with Gasteiger partial charge in [-0.2, -0.15) is 0 Å². The van der Waals surface area contributed by atoms with E-state index in [0.29, 0.717) is 0 Å². The number of rotatable bonds is 1. The molecular weight excluding hydrogens is 224 g/mol. The Kier molecular flexibility index (Phi) is 2.23. The second-order valence-electron chi connectivity index (χ2n) is 5.22. The van der Waals surface area contributed by atoms with Gasteiger partial charge in [0.05, 0.1) is 31.2 Å². The van der Waals surface area contributed by atoms with Gasteiger partial charge in [-0.1, -0.05) is 6.92 Å². The zero-order valence-electron chi connectivity index (χ0n) is 10.1. The van der Waals surface area contributed by atoms with Crippen LogP contribution in [0.1, 0.15) is 13.8 Å². The Balaban J connectivity index is 1.96. The summed E-state index contributed by atoms with van der Waals surface area (Å²) in [5, 5.41) is 0. The SMILES string of the molecule is COC(=O)[C@H]1[C@@H](C)[C@@H]2O[C@@H]2[C@@H]2[C@H]1C(=O)O[C@@H]2C. The van der Waals surface area contributed by atoms with Crippen LogP contribution in [0.15, 0.2) is 0 Å². The van der Waals surface area contributed by atoms with E-state index in [2.05, 4.69) is 0 Å². The molecule has 17 heavy (non-hydrogen) atoms. The van der Waals surface area contributed by atoms with Crippen molar-refractivity contribution in [1.82, 2.24) is 0 Å². The largest absolute Gasteiger partial charge is 0.469 e. The average Bonchev–Trinajstić information content (AvgIpc) is 3.02. The molecule has 7 atom stereocenters. The van der Waals surface area contributed by atoms with Crippen molar-refractivity contribution in [3.05, 3.63) is 0 Å². The number of methoxy groups -OCH3 is 1. The van der Waals surface area contributed by atoms with Crippen LogP contribution in [0, 0.1) is 23.7 Å². The van der Waals surface area contributed by atoms with Crippen molar-refractivity contribution in [2.24, 2.45) is 23.7 Å². The van der Waals surface area contributed by atoms with Crippen molar-refractivity contribution >= 4 is 11.9 Å². The van der Waals surface area contributed by atoms with Gasteiger partial charge in [0, 0.05) is 5.92 Å². The Morgan fingerprint density at radius 3 is 2.65 bits per heavy atom. The highest BCUT2D eigenvalue weighted by Crippen LogP contribution is 2.54. The third-order valence-electron chi connectivity index (χ3n) is 4.42. The summed E-state index contributed by atoms with van der Waals surface area (Å²) in [4.78, 5) is 23.7. The summed E-state index contributed by atoms with van der Waals surface area (Å²) in [5.41, 5.74) is 0. The fourth-order valence-corrected chi connectivity index (χ4v) is 3.54. The maximum atomic E-state index is 11.9. The van der Waals surface area contributed by atoms with E-state index in [-0.39, 0.29) is 42.1 Å². The minimum Gasteiger partial charge on any atom is -0.469 e. The molecule has 5 heteroatoms. The molecule has 94 valence electrons. The van der Waals surface area contributed by atoms with Crippen molar-refractivity contribution in [2.45, 2.75) is 32.2 Å². The van der Waals surface area contributed by atoms with Crippen LogP contribution in [0.3, 0.4) is 0 Å². The molecule has 2 aliphatic heterocycles. The molecular formula is C12H16O5. The molecule has 3 fully saturated rings. The van der Waals surface area contributed by atoms with Gasteiger partial charge >= 0.3 is 11.9 Å². The van der Waals surface area contributed by atoms with Gasteiger partial charge in [-0.25, -0.2) is 0 Å². The number of hydrogen-bond donors (Lipinski definition) is 0. The lowest BCUT2D eigenvalue weighted by atomic mass is 9.67. The number of esters is 2. The van der Waals surface area contributed by atoms with Crippen LogP contribution >= 0.6 is 0 Å². The predicted octanol–water partition coefficient (Wildman–Crippen LogP) is 0.370. The molecule has 3 rings (SSSR count). The number of carbonyl (C=O) groups is 2. The van der Waals surface area contributed by atoms with Crippen LogP contribution in [-0.2, 0) is 23.8 Å². The third kappa shape index (κ3) is 1.35. The standard InChI is InChI=1S/C12H16O5/c1-4-6(11(13)15-3)8-7(10-9(4)17-10)5(2)16-12(8)14/h4-10H,1-3H3/t4-,5-,6+,7+,8+,9+,10-/m1/s1. The lowest BCUT2D eigenvalue weighted by molar-refractivity contribution is -0.157. The molecule has 0 aromatic rings. The molecule has 2 heterocycles. The molecule has 3 aliphatic rings. The number of hydrogen-bond acceptors (Lipinski definition) is 5. The molecule has 0 spiro atoms. The highest BCUT2D eigenvalue weighted by molar-refractivity contribution is 5.84. The highest BCUT2D eigenvalue weighted by atomic mass is 16.6. The molecule has 0 radical (unpaired) electrons. The molecule has 0 amide bonds.